The van der Waals surface area contributed by atoms with Gasteiger partial charge in [0, 0.05) is 6.92 Å². The standard InChI is InChI=1S/C26H38O3/c1-16(27)29-23-22-17(15-28-23)7-9-19-18-8-10-21-24(2,3)12-6-13-25(21,4)20(18)11-14-26(19,22)5/h7-8,19-23H,6,9-15H2,1-5H3/t19-,20-,21-,22+,23-,25+,26-/m0/s1. The first kappa shape index (κ1) is 19.8. The lowest BCUT2D eigenvalue weighted by molar-refractivity contribution is -0.183. The normalized spacial score (nSPS) is 47.7. The van der Waals surface area contributed by atoms with Gasteiger partial charge in [-0.2, -0.15) is 0 Å². The van der Waals surface area contributed by atoms with Crippen molar-refractivity contribution in [3.8, 4) is 0 Å². The van der Waals surface area contributed by atoms with Gasteiger partial charge < -0.3 is 9.47 Å². The summed E-state index contributed by atoms with van der Waals surface area (Å²) in [6.45, 7) is 12.2. The second kappa shape index (κ2) is 6.45. The van der Waals surface area contributed by atoms with Crippen LogP contribution in [0.25, 0.3) is 0 Å². The van der Waals surface area contributed by atoms with Gasteiger partial charge in [0.15, 0.2) is 0 Å². The van der Waals surface area contributed by atoms with Gasteiger partial charge in [-0.3, -0.25) is 4.79 Å². The van der Waals surface area contributed by atoms with Gasteiger partial charge in [-0.05, 0) is 78.1 Å². The summed E-state index contributed by atoms with van der Waals surface area (Å²) in [5.41, 5.74) is 4.14. The Kier molecular flexibility index (Phi) is 4.42. The van der Waals surface area contributed by atoms with Crippen LogP contribution in [0.4, 0.5) is 0 Å². The number of hydrogen-bond acceptors (Lipinski definition) is 3. The first-order valence-electron chi connectivity index (χ1n) is 11.8. The summed E-state index contributed by atoms with van der Waals surface area (Å²) in [7, 11) is 0. The van der Waals surface area contributed by atoms with Gasteiger partial charge in [0.2, 0.25) is 6.29 Å². The second-order valence-electron chi connectivity index (χ2n) is 11.8. The summed E-state index contributed by atoms with van der Waals surface area (Å²) in [6.07, 6.45) is 13.7. The van der Waals surface area contributed by atoms with Crippen molar-refractivity contribution in [3.05, 3.63) is 23.3 Å². The lowest BCUT2D eigenvalue weighted by Crippen LogP contribution is -2.55. The number of ether oxygens (including phenoxy) is 2. The average Bonchev–Trinajstić information content (AvgIpc) is 3.03. The molecule has 160 valence electrons. The molecule has 1 saturated heterocycles. The molecule has 7 atom stereocenters. The van der Waals surface area contributed by atoms with E-state index in [2.05, 4.69) is 39.8 Å². The van der Waals surface area contributed by atoms with E-state index >= 15 is 0 Å². The molecule has 5 aliphatic rings. The zero-order valence-electron chi connectivity index (χ0n) is 18.9. The predicted octanol–water partition coefficient (Wildman–Crippen LogP) is 6.05. The summed E-state index contributed by atoms with van der Waals surface area (Å²) in [6, 6.07) is 0. The summed E-state index contributed by atoms with van der Waals surface area (Å²) >= 11 is 0. The summed E-state index contributed by atoms with van der Waals surface area (Å²) in [5, 5.41) is 0. The maximum Gasteiger partial charge on any atom is 0.304 e. The highest BCUT2D eigenvalue weighted by atomic mass is 16.7. The molecule has 0 N–H and O–H groups in total. The zero-order chi connectivity index (χ0) is 20.6. The van der Waals surface area contributed by atoms with Gasteiger partial charge in [0.05, 0.1) is 12.5 Å². The Hall–Kier alpha value is -1.09. The van der Waals surface area contributed by atoms with Crippen LogP contribution in [0.5, 0.6) is 0 Å². The maximum atomic E-state index is 11.7. The maximum absolute atomic E-state index is 11.7. The van der Waals surface area contributed by atoms with E-state index < -0.39 is 6.29 Å². The number of esters is 1. The fraction of sp³-hybridized carbons (Fsp3) is 0.808. The zero-order valence-corrected chi connectivity index (χ0v) is 18.9. The van der Waals surface area contributed by atoms with Crippen LogP contribution in [-0.4, -0.2) is 18.9 Å². The molecule has 0 bridgehead atoms. The highest BCUT2D eigenvalue weighted by Crippen LogP contribution is 2.67. The van der Waals surface area contributed by atoms with Crippen LogP contribution in [-0.2, 0) is 14.3 Å². The molecule has 4 aliphatic carbocycles. The number of allylic oxidation sites excluding steroid dienone is 3. The Bertz CT molecular complexity index is 777. The van der Waals surface area contributed by atoms with Crippen molar-refractivity contribution in [2.45, 2.75) is 85.9 Å². The molecule has 1 heterocycles. The van der Waals surface area contributed by atoms with Crippen molar-refractivity contribution >= 4 is 5.97 Å². The van der Waals surface area contributed by atoms with E-state index in [0.29, 0.717) is 23.4 Å². The molecule has 0 spiro atoms. The topological polar surface area (TPSA) is 35.5 Å². The molecule has 5 rings (SSSR count). The lowest BCUT2D eigenvalue weighted by atomic mass is 9.42. The van der Waals surface area contributed by atoms with Crippen LogP contribution in [0.15, 0.2) is 23.3 Å². The first-order valence-corrected chi connectivity index (χ1v) is 11.8. The van der Waals surface area contributed by atoms with Crippen LogP contribution >= 0.6 is 0 Å². The molecule has 0 radical (unpaired) electrons. The van der Waals surface area contributed by atoms with Crippen molar-refractivity contribution in [1.29, 1.82) is 0 Å². The third-order valence-electron chi connectivity index (χ3n) is 9.93. The molecular weight excluding hydrogens is 360 g/mol. The van der Waals surface area contributed by atoms with Crippen molar-refractivity contribution in [1.82, 2.24) is 0 Å². The molecule has 0 unspecified atom stereocenters. The number of fused-ring (bicyclic) bond motifs is 7. The molecule has 1 aliphatic heterocycles. The average molecular weight is 399 g/mol. The van der Waals surface area contributed by atoms with E-state index in [9.17, 15) is 4.79 Å². The van der Waals surface area contributed by atoms with Crippen LogP contribution < -0.4 is 0 Å². The van der Waals surface area contributed by atoms with E-state index in [4.69, 9.17) is 9.47 Å². The fourth-order valence-electron chi connectivity index (χ4n) is 8.61. The molecule has 3 fully saturated rings. The Labute approximate surface area is 176 Å². The summed E-state index contributed by atoms with van der Waals surface area (Å²) in [5.74, 6) is 2.09. The highest BCUT2D eigenvalue weighted by molar-refractivity contribution is 5.66. The van der Waals surface area contributed by atoms with E-state index in [1.807, 2.05) is 0 Å². The number of carbonyl (C=O) groups excluding carboxylic acids is 1. The number of rotatable bonds is 1. The minimum atomic E-state index is -0.399. The first-order chi connectivity index (χ1) is 13.7. The molecular formula is C26H38O3. The molecule has 0 aromatic carbocycles. The third-order valence-corrected chi connectivity index (χ3v) is 9.93. The van der Waals surface area contributed by atoms with Gasteiger partial charge in [0.25, 0.3) is 0 Å². The Morgan fingerprint density at radius 2 is 1.83 bits per heavy atom. The van der Waals surface area contributed by atoms with Crippen molar-refractivity contribution < 1.29 is 14.3 Å². The quantitative estimate of drug-likeness (QED) is 0.398. The Balaban J connectivity index is 1.51. The third kappa shape index (κ3) is 2.75. The van der Waals surface area contributed by atoms with Gasteiger partial charge in [-0.1, -0.05) is 51.8 Å². The van der Waals surface area contributed by atoms with E-state index in [-0.39, 0.29) is 17.3 Å². The molecule has 3 heteroatoms. The van der Waals surface area contributed by atoms with Gasteiger partial charge >= 0.3 is 5.97 Å². The predicted molar refractivity (Wildman–Crippen MR) is 114 cm³/mol. The van der Waals surface area contributed by atoms with Gasteiger partial charge in [-0.25, -0.2) is 0 Å². The van der Waals surface area contributed by atoms with Crippen LogP contribution in [0.1, 0.15) is 79.6 Å². The second-order valence-corrected chi connectivity index (χ2v) is 11.8. The molecule has 0 amide bonds. The fourth-order valence-corrected chi connectivity index (χ4v) is 8.61. The van der Waals surface area contributed by atoms with Crippen LogP contribution in [0.2, 0.25) is 0 Å². The van der Waals surface area contributed by atoms with Crippen molar-refractivity contribution in [2.75, 3.05) is 6.61 Å². The molecule has 2 saturated carbocycles. The van der Waals surface area contributed by atoms with Crippen LogP contribution in [0, 0.1) is 39.9 Å². The largest absolute Gasteiger partial charge is 0.435 e. The number of carbonyl (C=O) groups is 1. The Morgan fingerprint density at radius 3 is 2.59 bits per heavy atom. The molecule has 0 aromatic rings. The van der Waals surface area contributed by atoms with Crippen molar-refractivity contribution in [3.63, 3.8) is 0 Å². The van der Waals surface area contributed by atoms with Gasteiger partial charge in [-0.15, -0.1) is 0 Å². The minimum absolute atomic E-state index is 0.135. The summed E-state index contributed by atoms with van der Waals surface area (Å²) < 4.78 is 11.6. The molecule has 0 aromatic heterocycles. The minimum Gasteiger partial charge on any atom is -0.435 e. The van der Waals surface area contributed by atoms with Crippen LogP contribution in [0.3, 0.4) is 0 Å². The molecule has 3 nitrogen and oxygen atoms in total. The Morgan fingerprint density at radius 1 is 1.03 bits per heavy atom. The smallest absolute Gasteiger partial charge is 0.304 e. The highest BCUT2D eigenvalue weighted by Gasteiger charge is 2.61. The SMILES string of the molecule is CC(=O)O[C@@H]1OCC2=CC[C@H]3C4=CC[C@H]5C(C)(C)CCC[C@]5(C)[C@H]4CC[C@]3(C)[C@H]21. The van der Waals surface area contributed by atoms with Crippen molar-refractivity contribution in [2.24, 2.45) is 39.9 Å². The molecule has 29 heavy (non-hydrogen) atoms. The van der Waals surface area contributed by atoms with Gasteiger partial charge in [0.1, 0.15) is 0 Å². The number of hydrogen-bond donors (Lipinski definition) is 0. The van der Waals surface area contributed by atoms with E-state index in [1.165, 1.54) is 51.0 Å². The van der Waals surface area contributed by atoms with E-state index in [1.54, 1.807) is 5.57 Å². The lowest BCUT2D eigenvalue weighted by Gasteiger charge is -2.62. The summed E-state index contributed by atoms with van der Waals surface area (Å²) in [4.78, 5) is 11.7. The monoisotopic (exact) mass is 398 g/mol. The van der Waals surface area contributed by atoms with E-state index in [0.717, 1.165) is 18.3 Å².